The number of nitrogens with zero attached hydrogens (tertiary/aromatic N) is 4. The van der Waals surface area contributed by atoms with Crippen molar-refractivity contribution in [1.29, 1.82) is 0 Å². The number of aromatic amines is 1. The molecule has 2 aromatic carbocycles. The Balaban J connectivity index is 1.10. The van der Waals surface area contributed by atoms with Gasteiger partial charge in [0.25, 0.3) is 0 Å². The fourth-order valence-electron chi connectivity index (χ4n) is 4.88. The molecule has 5 rings (SSSR count). The summed E-state index contributed by atoms with van der Waals surface area (Å²) in [6, 6.07) is 14.3. The van der Waals surface area contributed by atoms with Crippen molar-refractivity contribution in [2.75, 3.05) is 55.6 Å². The van der Waals surface area contributed by atoms with E-state index in [9.17, 15) is 4.79 Å². The van der Waals surface area contributed by atoms with Gasteiger partial charge in [-0.3, -0.25) is 9.80 Å². The number of benzene rings is 2. The summed E-state index contributed by atoms with van der Waals surface area (Å²) in [4.78, 5) is 25.7. The molecule has 2 saturated heterocycles. The Morgan fingerprint density at radius 3 is 2.52 bits per heavy atom. The summed E-state index contributed by atoms with van der Waals surface area (Å²) >= 11 is 0. The van der Waals surface area contributed by atoms with Crippen molar-refractivity contribution in [3.63, 3.8) is 0 Å². The minimum absolute atomic E-state index is 0.00193. The Hall–Kier alpha value is -3.50. The fourth-order valence-corrected chi connectivity index (χ4v) is 4.88. The molecule has 0 saturated carbocycles. The van der Waals surface area contributed by atoms with Crippen LogP contribution in [0.1, 0.15) is 18.4 Å². The van der Waals surface area contributed by atoms with Crippen LogP contribution in [-0.4, -0.2) is 61.7 Å². The second-order valence-electron chi connectivity index (χ2n) is 8.84. The van der Waals surface area contributed by atoms with E-state index >= 15 is 0 Å². The van der Waals surface area contributed by atoms with Crippen LogP contribution in [0.5, 0.6) is 0 Å². The number of fused-ring (bicyclic) bond motifs is 1. The van der Waals surface area contributed by atoms with Crippen LogP contribution in [0.3, 0.4) is 0 Å². The van der Waals surface area contributed by atoms with Crippen LogP contribution in [0.25, 0.3) is 15.7 Å². The number of aromatic nitrogens is 1. The van der Waals surface area contributed by atoms with Gasteiger partial charge in [-0.15, -0.1) is 0 Å². The van der Waals surface area contributed by atoms with Crippen LogP contribution in [0.15, 0.2) is 48.7 Å². The molecule has 2 aliphatic heterocycles. The van der Waals surface area contributed by atoms with Crippen LogP contribution >= 0.6 is 0 Å². The summed E-state index contributed by atoms with van der Waals surface area (Å²) in [5.74, 6) is 0. The summed E-state index contributed by atoms with van der Waals surface area (Å²) < 4.78 is 0. The molecule has 2 fully saturated rings. The van der Waals surface area contributed by atoms with Gasteiger partial charge in [0.15, 0.2) is 5.69 Å². The van der Waals surface area contributed by atoms with Gasteiger partial charge < -0.3 is 15.2 Å². The number of urea groups is 1. The number of amides is 2. The number of hydrogen-bond acceptors (Lipinski definition) is 3. The summed E-state index contributed by atoms with van der Waals surface area (Å²) in [7, 11) is 0. The number of aryl methyl sites for hydroxylation is 1. The first kappa shape index (κ1) is 21.4. The van der Waals surface area contributed by atoms with Crippen molar-refractivity contribution in [3.8, 4) is 0 Å². The van der Waals surface area contributed by atoms with E-state index in [2.05, 4.69) is 55.4 Å². The lowest BCUT2D eigenvalue weighted by molar-refractivity contribution is 0.243. The zero-order valence-electron chi connectivity index (χ0n) is 18.9. The zero-order valence-corrected chi connectivity index (χ0v) is 18.9. The molecule has 1 aromatic heterocycles. The smallest absolute Gasteiger partial charge is 0.321 e. The molecule has 3 aromatic rings. The Morgan fingerprint density at radius 1 is 0.970 bits per heavy atom. The highest BCUT2D eigenvalue weighted by atomic mass is 16.2. The number of nitrogens with one attached hydrogen (secondary N) is 2. The van der Waals surface area contributed by atoms with E-state index in [-0.39, 0.29) is 6.03 Å². The van der Waals surface area contributed by atoms with Crippen molar-refractivity contribution < 1.29 is 4.79 Å². The Kier molecular flexibility index (Phi) is 6.18. The van der Waals surface area contributed by atoms with E-state index in [0.717, 1.165) is 76.3 Å². The number of piperazine rings is 1. The third-order valence-electron chi connectivity index (χ3n) is 6.78. The molecule has 0 unspecified atom stereocenters. The molecule has 2 amide bonds. The fraction of sp³-hybridized carbons (Fsp3) is 0.385. The first-order valence-corrected chi connectivity index (χ1v) is 11.8. The molecule has 0 spiro atoms. The summed E-state index contributed by atoms with van der Waals surface area (Å²) in [5.41, 5.74) is 5.31. The van der Waals surface area contributed by atoms with Crippen LogP contribution in [0.2, 0.25) is 0 Å². The minimum atomic E-state index is 0.00193. The van der Waals surface area contributed by atoms with Crippen LogP contribution < -0.4 is 15.1 Å². The number of anilines is 2. The maximum absolute atomic E-state index is 12.1. The lowest BCUT2D eigenvalue weighted by atomic mass is 10.1. The van der Waals surface area contributed by atoms with E-state index in [0.29, 0.717) is 5.69 Å². The van der Waals surface area contributed by atoms with Gasteiger partial charge in [-0.05, 0) is 73.2 Å². The molecule has 170 valence electrons. The second-order valence-corrected chi connectivity index (χ2v) is 8.84. The predicted molar refractivity (Wildman–Crippen MR) is 133 cm³/mol. The molecule has 0 atom stereocenters. The van der Waals surface area contributed by atoms with E-state index < -0.39 is 0 Å². The molecular formula is C26H30N6O. The highest BCUT2D eigenvalue weighted by Gasteiger charge is 2.20. The maximum atomic E-state index is 12.1. The van der Waals surface area contributed by atoms with Gasteiger partial charge >= 0.3 is 6.03 Å². The molecule has 2 aliphatic rings. The normalized spacial score (nSPS) is 17.2. The molecule has 7 heteroatoms. The molecule has 0 aliphatic carbocycles. The predicted octanol–water partition coefficient (Wildman–Crippen LogP) is 4.39. The van der Waals surface area contributed by atoms with Crippen molar-refractivity contribution in [2.45, 2.75) is 19.3 Å². The van der Waals surface area contributed by atoms with Gasteiger partial charge in [0.1, 0.15) is 0 Å². The first-order valence-electron chi connectivity index (χ1n) is 11.8. The van der Waals surface area contributed by atoms with Gasteiger partial charge in [-0.2, -0.15) is 0 Å². The summed E-state index contributed by atoms with van der Waals surface area (Å²) in [6.45, 7) is 14.0. The monoisotopic (exact) mass is 442 g/mol. The number of carbonyl (C=O) groups excluding carboxylic acids is 1. The van der Waals surface area contributed by atoms with Crippen molar-refractivity contribution in [3.05, 3.63) is 65.6 Å². The maximum Gasteiger partial charge on any atom is 0.321 e. The third-order valence-corrected chi connectivity index (χ3v) is 6.78. The van der Waals surface area contributed by atoms with Gasteiger partial charge in [-0.1, -0.05) is 6.07 Å². The van der Waals surface area contributed by atoms with E-state index in [1.54, 1.807) is 0 Å². The average molecular weight is 443 g/mol. The van der Waals surface area contributed by atoms with Crippen LogP contribution in [-0.2, 0) is 6.42 Å². The molecule has 2 N–H and O–H groups in total. The third kappa shape index (κ3) is 4.67. The van der Waals surface area contributed by atoms with Crippen LogP contribution in [0, 0.1) is 6.57 Å². The molecule has 0 bridgehead atoms. The standard InChI is InChI=1S/C26H30N6O/c1-27-21-5-10-25-24(18-21)20(19-29-25)4-2-12-30-14-16-31(17-15-30)22-6-8-23(9-7-22)32-13-3-11-28-26(32)33/h5-10,18-19,29H,2-4,11-17H2,(H,28,33). The SMILES string of the molecule is [C-]#[N+]c1ccc2[nH]cc(CCCN3CCN(c4ccc(N5CCCNC5=O)cc4)CC3)c2c1. The number of carbonyl (C=O) groups is 1. The van der Waals surface area contributed by atoms with Gasteiger partial charge in [0.05, 0.1) is 6.57 Å². The van der Waals surface area contributed by atoms with Crippen LogP contribution in [0.4, 0.5) is 21.9 Å². The van der Waals surface area contributed by atoms with Crippen molar-refractivity contribution in [1.82, 2.24) is 15.2 Å². The molecule has 33 heavy (non-hydrogen) atoms. The average Bonchev–Trinajstić information content (AvgIpc) is 3.27. The molecule has 7 nitrogen and oxygen atoms in total. The Bertz CT molecular complexity index is 1150. The van der Waals surface area contributed by atoms with Gasteiger partial charge in [-0.25, -0.2) is 9.64 Å². The highest BCUT2D eigenvalue weighted by Crippen LogP contribution is 2.26. The quantitative estimate of drug-likeness (QED) is 0.557. The van der Waals surface area contributed by atoms with Gasteiger partial charge in [0, 0.05) is 62.4 Å². The van der Waals surface area contributed by atoms with Crippen molar-refractivity contribution >= 4 is 34.0 Å². The number of hydrogen-bond donors (Lipinski definition) is 2. The topological polar surface area (TPSA) is 59.0 Å². The van der Waals surface area contributed by atoms with Gasteiger partial charge in [0.2, 0.25) is 0 Å². The lowest BCUT2D eigenvalue weighted by Gasteiger charge is -2.36. The summed E-state index contributed by atoms with van der Waals surface area (Å²) in [5, 5.41) is 4.09. The minimum Gasteiger partial charge on any atom is -0.369 e. The van der Waals surface area contributed by atoms with E-state index in [4.69, 9.17) is 6.57 Å². The number of rotatable bonds is 6. The molecule has 3 heterocycles. The first-order chi connectivity index (χ1) is 16.2. The van der Waals surface area contributed by atoms with E-state index in [1.165, 1.54) is 16.6 Å². The Labute approximate surface area is 194 Å². The largest absolute Gasteiger partial charge is 0.369 e. The van der Waals surface area contributed by atoms with Crippen molar-refractivity contribution in [2.24, 2.45) is 0 Å². The number of H-pyrrole nitrogens is 1. The highest BCUT2D eigenvalue weighted by molar-refractivity contribution is 5.92. The molecule has 0 radical (unpaired) electrons. The summed E-state index contributed by atoms with van der Waals surface area (Å²) in [6.07, 6.45) is 5.21. The second kappa shape index (κ2) is 9.55. The Morgan fingerprint density at radius 2 is 1.76 bits per heavy atom. The molecular weight excluding hydrogens is 412 g/mol. The lowest BCUT2D eigenvalue weighted by Crippen LogP contribution is -2.47. The zero-order chi connectivity index (χ0) is 22.6. The van der Waals surface area contributed by atoms with E-state index in [1.807, 2.05) is 23.1 Å².